The zero-order valence-corrected chi connectivity index (χ0v) is 20.0. The molecule has 9 heteroatoms. The van der Waals surface area contributed by atoms with Gasteiger partial charge >= 0.3 is 0 Å². The second-order valence-electron chi connectivity index (χ2n) is 7.86. The van der Waals surface area contributed by atoms with Gasteiger partial charge in [0.05, 0.1) is 17.8 Å². The second kappa shape index (κ2) is 9.77. The van der Waals surface area contributed by atoms with Crippen LogP contribution in [0, 0.1) is 5.92 Å². The summed E-state index contributed by atoms with van der Waals surface area (Å²) in [6, 6.07) is 10.1. The number of sulfonamides is 1. The number of amides is 1. The molecule has 1 aliphatic heterocycles. The summed E-state index contributed by atoms with van der Waals surface area (Å²) in [6.45, 7) is 4.51. The Morgan fingerprint density at radius 2 is 1.81 bits per heavy atom. The van der Waals surface area contributed by atoms with Crippen molar-refractivity contribution in [1.29, 1.82) is 0 Å². The van der Waals surface area contributed by atoms with Crippen molar-refractivity contribution in [2.24, 2.45) is 5.92 Å². The average molecular weight is 485 g/mol. The fraction of sp³-hybridized carbons (Fsp3) is 0.409. The van der Waals surface area contributed by atoms with E-state index in [4.69, 9.17) is 27.9 Å². The quantitative estimate of drug-likeness (QED) is 0.613. The van der Waals surface area contributed by atoms with E-state index in [0.717, 1.165) is 5.56 Å². The molecule has 2 aromatic carbocycles. The molecule has 0 saturated carbocycles. The molecule has 0 aliphatic carbocycles. The number of hydrogen-bond acceptors (Lipinski definition) is 4. The maximum atomic E-state index is 13.3. The molecule has 3 rings (SSSR count). The van der Waals surface area contributed by atoms with Crippen LogP contribution in [0.5, 0.6) is 5.75 Å². The van der Waals surface area contributed by atoms with Gasteiger partial charge in [-0.15, -0.1) is 0 Å². The van der Waals surface area contributed by atoms with Gasteiger partial charge in [-0.2, -0.15) is 4.31 Å². The number of methoxy groups -OCH3 is 1. The van der Waals surface area contributed by atoms with E-state index in [1.54, 1.807) is 30.3 Å². The van der Waals surface area contributed by atoms with Crippen LogP contribution in [0.1, 0.15) is 38.2 Å². The number of piperidine rings is 1. The van der Waals surface area contributed by atoms with E-state index in [9.17, 15) is 13.2 Å². The highest BCUT2D eigenvalue weighted by atomic mass is 35.5. The summed E-state index contributed by atoms with van der Waals surface area (Å²) in [4.78, 5) is 12.8. The molecule has 1 N–H and O–H groups in total. The lowest BCUT2D eigenvalue weighted by molar-refractivity contribution is -0.120. The Morgan fingerprint density at radius 3 is 2.42 bits per heavy atom. The fourth-order valence-electron chi connectivity index (χ4n) is 3.58. The summed E-state index contributed by atoms with van der Waals surface area (Å²) in [5, 5.41) is 3.67. The Labute approximate surface area is 193 Å². The van der Waals surface area contributed by atoms with E-state index < -0.39 is 10.0 Å². The molecule has 168 valence electrons. The lowest BCUT2D eigenvalue weighted by Gasteiger charge is -2.31. The van der Waals surface area contributed by atoms with E-state index in [1.807, 2.05) is 19.9 Å². The smallest absolute Gasteiger partial charge is 0.246 e. The van der Waals surface area contributed by atoms with Gasteiger partial charge in [0, 0.05) is 24.0 Å². The number of carbonyl (C=O) groups excluding carboxylic acids is 1. The van der Waals surface area contributed by atoms with E-state index in [-0.39, 0.29) is 35.7 Å². The Hall–Kier alpha value is -1.80. The van der Waals surface area contributed by atoms with Crippen LogP contribution in [-0.2, 0) is 14.8 Å². The van der Waals surface area contributed by atoms with Gasteiger partial charge in [-0.05, 0) is 54.7 Å². The number of rotatable bonds is 6. The third-order valence-electron chi connectivity index (χ3n) is 5.48. The number of anilines is 1. The van der Waals surface area contributed by atoms with Crippen molar-refractivity contribution >= 4 is 44.8 Å². The molecule has 1 heterocycles. The number of nitrogens with one attached hydrogen (secondary N) is 1. The topological polar surface area (TPSA) is 75.7 Å². The third-order valence-corrected chi connectivity index (χ3v) is 7.97. The van der Waals surface area contributed by atoms with Crippen molar-refractivity contribution in [3.8, 4) is 5.75 Å². The zero-order chi connectivity index (χ0) is 22.8. The Balaban J connectivity index is 1.72. The largest absolute Gasteiger partial charge is 0.495 e. The van der Waals surface area contributed by atoms with Gasteiger partial charge in [0.1, 0.15) is 10.6 Å². The zero-order valence-electron chi connectivity index (χ0n) is 17.7. The normalized spacial score (nSPS) is 15.8. The van der Waals surface area contributed by atoms with Gasteiger partial charge in [-0.25, -0.2) is 8.42 Å². The molecular formula is C22H26Cl2N2O4S. The molecule has 0 spiro atoms. The number of hydrogen-bond donors (Lipinski definition) is 1. The predicted octanol–water partition coefficient (Wildman–Crippen LogP) is 5.16. The number of benzene rings is 2. The van der Waals surface area contributed by atoms with E-state index in [0.29, 0.717) is 34.3 Å². The molecule has 0 atom stereocenters. The highest BCUT2D eigenvalue weighted by Crippen LogP contribution is 2.33. The molecule has 1 amide bonds. The van der Waals surface area contributed by atoms with Crippen LogP contribution in [0.3, 0.4) is 0 Å². The molecule has 1 fully saturated rings. The van der Waals surface area contributed by atoms with Crippen LogP contribution >= 0.6 is 23.2 Å². The average Bonchev–Trinajstić information content (AvgIpc) is 2.75. The molecule has 0 unspecified atom stereocenters. The standard InChI is InChI=1S/C22H26Cl2N2O4S/c1-14(2)16-4-7-20(30-3)21(12-16)31(28,29)26-10-8-15(9-11-26)22(27)25-19-13-17(23)5-6-18(19)24/h4-7,12-15H,8-11H2,1-3H3,(H,25,27). The molecule has 0 radical (unpaired) electrons. The summed E-state index contributed by atoms with van der Waals surface area (Å²) in [7, 11) is -2.28. The van der Waals surface area contributed by atoms with Crippen LogP contribution < -0.4 is 10.1 Å². The van der Waals surface area contributed by atoms with Crippen molar-refractivity contribution in [2.45, 2.75) is 37.5 Å². The Morgan fingerprint density at radius 1 is 1.13 bits per heavy atom. The lowest BCUT2D eigenvalue weighted by Crippen LogP contribution is -2.41. The monoisotopic (exact) mass is 484 g/mol. The minimum atomic E-state index is -3.74. The van der Waals surface area contributed by atoms with Crippen molar-refractivity contribution in [3.05, 3.63) is 52.0 Å². The fourth-order valence-corrected chi connectivity index (χ4v) is 5.58. The number of ether oxygens (including phenoxy) is 1. The Kier molecular flexibility index (Phi) is 7.52. The summed E-state index contributed by atoms with van der Waals surface area (Å²) in [5.74, 6) is -0.00143. The first kappa shape index (κ1) is 23.9. The van der Waals surface area contributed by atoms with Crippen LogP contribution in [0.4, 0.5) is 5.69 Å². The molecule has 6 nitrogen and oxygen atoms in total. The molecular weight excluding hydrogens is 459 g/mol. The summed E-state index contributed by atoms with van der Waals surface area (Å²) >= 11 is 12.1. The van der Waals surface area contributed by atoms with Crippen molar-refractivity contribution in [2.75, 3.05) is 25.5 Å². The van der Waals surface area contributed by atoms with Gasteiger partial charge in [0.15, 0.2) is 0 Å². The third kappa shape index (κ3) is 5.34. The summed E-state index contributed by atoms with van der Waals surface area (Å²) in [5.41, 5.74) is 1.37. The van der Waals surface area contributed by atoms with Crippen LogP contribution in [-0.4, -0.2) is 38.8 Å². The van der Waals surface area contributed by atoms with E-state index in [1.165, 1.54) is 11.4 Å². The first-order valence-corrected chi connectivity index (χ1v) is 12.3. The number of halogens is 2. The van der Waals surface area contributed by atoms with Gasteiger partial charge in [-0.1, -0.05) is 43.1 Å². The molecule has 0 bridgehead atoms. The molecule has 2 aromatic rings. The molecule has 1 saturated heterocycles. The molecule has 1 aliphatic rings. The minimum absolute atomic E-state index is 0.162. The van der Waals surface area contributed by atoms with E-state index >= 15 is 0 Å². The predicted molar refractivity (Wildman–Crippen MR) is 124 cm³/mol. The van der Waals surface area contributed by atoms with Gasteiger partial charge in [0.2, 0.25) is 15.9 Å². The van der Waals surface area contributed by atoms with Gasteiger partial charge in [0.25, 0.3) is 0 Å². The summed E-state index contributed by atoms with van der Waals surface area (Å²) < 4.78 is 33.3. The molecule has 0 aromatic heterocycles. The minimum Gasteiger partial charge on any atom is -0.495 e. The van der Waals surface area contributed by atoms with E-state index in [2.05, 4.69) is 5.32 Å². The van der Waals surface area contributed by atoms with Crippen LogP contribution in [0.25, 0.3) is 0 Å². The number of carbonyl (C=O) groups is 1. The van der Waals surface area contributed by atoms with Crippen LogP contribution in [0.15, 0.2) is 41.3 Å². The highest BCUT2D eigenvalue weighted by Gasteiger charge is 2.34. The first-order valence-electron chi connectivity index (χ1n) is 10.1. The molecule has 31 heavy (non-hydrogen) atoms. The van der Waals surface area contributed by atoms with Gasteiger partial charge in [-0.3, -0.25) is 4.79 Å². The maximum Gasteiger partial charge on any atom is 0.246 e. The lowest BCUT2D eigenvalue weighted by atomic mass is 9.97. The second-order valence-corrected chi connectivity index (χ2v) is 10.6. The maximum absolute atomic E-state index is 13.3. The SMILES string of the molecule is COc1ccc(C(C)C)cc1S(=O)(=O)N1CCC(C(=O)Nc2cc(Cl)ccc2Cl)CC1. The Bertz CT molecular complexity index is 1070. The highest BCUT2D eigenvalue weighted by molar-refractivity contribution is 7.89. The van der Waals surface area contributed by atoms with Crippen molar-refractivity contribution < 1.29 is 17.9 Å². The number of nitrogens with zero attached hydrogens (tertiary/aromatic N) is 1. The van der Waals surface area contributed by atoms with Gasteiger partial charge < -0.3 is 10.1 Å². The summed E-state index contributed by atoms with van der Waals surface area (Å²) in [6.07, 6.45) is 0.824. The first-order chi connectivity index (χ1) is 14.6. The van der Waals surface area contributed by atoms with Crippen molar-refractivity contribution in [3.63, 3.8) is 0 Å². The van der Waals surface area contributed by atoms with Crippen molar-refractivity contribution in [1.82, 2.24) is 4.31 Å². The van der Waals surface area contributed by atoms with Crippen LogP contribution in [0.2, 0.25) is 10.0 Å².